The maximum Gasteiger partial charge on any atom is 0.291 e. The van der Waals surface area contributed by atoms with E-state index < -0.39 is 6.04 Å². The van der Waals surface area contributed by atoms with Crippen LogP contribution in [-0.4, -0.2) is 17.4 Å². The Morgan fingerprint density at radius 1 is 1.12 bits per heavy atom. The number of benzene rings is 2. The third kappa shape index (κ3) is 3.30. The lowest BCUT2D eigenvalue weighted by Crippen LogP contribution is -2.29. The van der Waals surface area contributed by atoms with Gasteiger partial charge in [-0.2, -0.15) is 0 Å². The highest BCUT2D eigenvalue weighted by atomic mass is 16.5. The molecule has 0 spiro atoms. The molecule has 1 atom stereocenters. The Morgan fingerprint density at radius 2 is 1.94 bits per heavy atom. The number of hydrogen-bond acceptors (Lipinski definition) is 5. The minimum Gasteiger partial charge on any atom is -0.490 e. The number of carbonyl (C=O) groups is 1. The summed E-state index contributed by atoms with van der Waals surface area (Å²) in [7, 11) is 0. The van der Waals surface area contributed by atoms with Gasteiger partial charge in [0.1, 0.15) is 23.7 Å². The van der Waals surface area contributed by atoms with Crippen LogP contribution in [0.2, 0.25) is 0 Å². The van der Waals surface area contributed by atoms with Gasteiger partial charge in [0.25, 0.3) is 5.91 Å². The van der Waals surface area contributed by atoms with E-state index in [1.54, 1.807) is 41.5 Å². The van der Waals surface area contributed by atoms with Crippen LogP contribution in [0, 0.1) is 6.92 Å². The predicted octanol–water partition coefficient (Wildman–Crippen LogP) is 5.00. The molecule has 0 radical (unpaired) electrons. The standard InChI is InChI=1S/C26H21NO5/c1-3-12-30-18-9-7-17(8-10-18)23-22-24(28)20-14-16(2)6-11-21(20)32-25(22)26(29)27(23)15-19-5-4-13-31-19/h3-11,13-14,23H,1,12,15H2,2H3. The number of nitrogens with zero attached hydrogens (tertiary/aromatic N) is 1. The van der Waals surface area contributed by atoms with Crippen LogP contribution in [0.5, 0.6) is 5.75 Å². The van der Waals surface area contributed by atoms with Crippen molar-refractivity contribution in [2.24, 2.45) is 0 Å². The van der Waals surface area contributed by atoms with E-state index in [1.807, 2.05) is 37.3 Å². The molecule has 6 heteroatoms. The molecule has 32 heavy (non-hydrogen) atoms. The summed E-state index contributed by atoms with van der Waals surface area (Å²) in [6.45, 7) is 6.17. The molecule has 0 saturated carbocycles. The summed E-state index contributed by atoms with van der Waals surface area (Å²) in [6.07, 6.45) is 3.23. The van der Waals surface area contributed by atoms with Crippen molar-refractivity contribution in [1.29, 1.82) is 0 Å². The third-order valence-corrected chi connectivity index (χ3v) is 5.59. The van der Waals surface area contributed by atoms with Crippen molar-refractivity contribution < 1.29 is 18.4 Å². The van der Waals surface area contributed by atoms with E-state index in [2.05, 4.69) is 6.58 Å². The van der Waals surface area contributed by atoms with Crippen molar-refractivity contribution in [2.75, 3.05) is 6.61 Å². The van der Waals surface area contributed by atoms with Crippen LogP contribution in [0.3, 0.4) is 0 Å². The Balaban J connectivity index is 1.67. The molecule has 1 aliphatic rings. The number of ether oxygens (including phenoxy) is 1. The first kappa shape index (κ1) is 19.9. The topological polar surface area (TPSA) is 72.9 Å². The molecule has 1 unspecified atom stereocenters. The van der Waals surface area contributed by atoms with Gasteiger partial charge in [-0.1, -0.05) is 36.4 Å². The van der Waals surface area contributed by atoms with Crippen molar-refractivity contribution in [3.63, 3.8) is 0 Å². The molecule has 1 aliphatic heterocycles. The molecule has 2 aromatic carbocycles. The fourth-order valence-electron chi connectivity index (χ4n) is 4.12. The average Bonchev–Trinajstić information content (AvgIpc) is 3.41. The summed E-state index contributed by atoms with van der Waals surface area (Å²) < 4.78 is 17.0. The van der Waals surface area contributed by atoms with E-state index in [0.717, 1.165) is 11.1 Å². The maximum absolute atomic E-state index is 13.6. The normalized spacial score (nSPS) is 15.2. The summed E-state index contributed by atoms with van der Waals surface area (Å²) in [6, 6.07) is 15.7. The zero-order valence-electron chi connectivity index (χ0n) is 17.5. The predicted molar refractivity (Wildman–Crippen MR) is 120 cm³/mol. The van der Waals surface area contributed by atoms with E-state index in [-0.39, 0.29) is 23.6 Å². The molecular formula is C26H21NO5. The second-order valence-corrected chi connectivity index (χ2v) is 7.76. The van der Waals surface area contributed by atoms with E-state index in [0.29, 0.717) is 34.6 Å². The van der Waals surface area contributed by atoms with Gasteiger partial charge in [-0.3, -0.25) is 9.59 Å². The molecule has 0 saturated heterocycles. The van der Waals surface area contributed by atoms with Crippen LogP contribution in [0.15, 0.2) is 87.1 Å². The van der Waals surface area contributed by atoms with Gasteiger partial charge in [0.05, 0.1) is 29.8 Å². The number of aryl methyl sites for hydroxylation is 1. The van der Waals surface area contributed by atoms with Crippen LogP contribution < -0.4 is 10.2 Å². The number of fused-ring (bicyclic) bond motifs is 2. The highest BCUT2D eigenvalue weighted by molar-refractivity contribution is 5.99. The summed E-state index contributed by atoms with van der Waals surface area (Å²) in [5, 5.41) is 0.465. The Bertz CT molecular complexity index is 1370. The summed E-state index contributed by atoms with van der Waals surface area (Å²) in [5.74, 6) is 1.04. The SMILES string of the molecule is C=CCOc1ccc(C2c3c(oc4ccc(C)cc4c3=O)C(=O)N2Cc2ccco2)cc1. The molecule has 2 aromatic heterocycles. The molecule has 0 aliphatic carbocycles. The van der Waals surface area contributed by atoms with Gasteiger partial charge >= 0.3 is 0 Å². The summed E-state index contributed by atoms with van der Waals surface area (Å²) >= 11 is 0. The van der Waals surface area contributed by atoms with Gasteiger partial charge in [0.2, 0.25) is 5.76 Å². The van der Waals surface area contributed by atoms with Crippen LogP contribution in [0.4, 0.5) is 0 Å². The third-order valence-electron chi connectivity index (χ3n) is 5.59. The second-order valence-electron chi connectivity index (χ2n) is 7.76. The lowest BCUT2D eigenvalue weighted by molar-refractivity contribution is 0.0701. The van der Waals surface area contributed by atoms with Crippen LogP contribution in [0.1, 0.15) is 39.0 Å². The Morgan fingerprint density at radius 3 is 2.66 bits per heavy atom. The Hall–Kier alpha value is -4.06. The van der Waals surface area contributed by atoms with Gasteiger partial charge < -0.3 is 18.5 Å². The largest absolute Gasteiger partial charge is 0.490 e. The summed E-state index contributed by atoms with van der Waals surface area (Å²) in [5.41, 5.74) is 2.28. The van der Waals surface area contributed by atoms with E-state index in [4.69, 9.17) is 13.6 Å². The van der Waals surface area contributed by atoms with E-state index in [1.165, 1.54) is 0 Å². The van der Waals surface area contributed by atoms with Crippen LogP contribution in [0.25, 0.3) is 11.0 Å². The number of furan rings is 1. The maximum atomic E-state index is 13.6. The lowest BCUT2D eigenvalue weighted by atomic mass is 9.98. The Kier molecular flexibility index (Phi) is 4.90. The van der Waals surface area contributed by atoms with E-state index in [9.17, 15) is 9.59 Å². The average molecular weight is 427 g/mol. The lowest BCUT2D eigenvalue weighted by Gasteiger charge is -2.24. The fourth-order valence-corrected chi connectivity index (χ4v) is 4.12. The van der Waals surface area contributed by atoms with Crippen molar-refractivity contribution in [1.82, 2.24) is 4.90 Å². The van der Waals surface area contributed by atoms with Crippen molar-refractivity contribution in [3.05, 3.63) is 112 Å². The number of rotatable bonds is 6. The quantitative estimate of drug-likeness (QED) is 0.405. The first-order chi connectivity index (χ1) is 15.6. The van der Waals surface area contributed by atoms with Crippen LogP contribution >= 0.6 is 0 Å². The molecule has 0 N–H and O–H groups in total. The summed E-state index contributed by atoms with van der Waals surface area (Å²) in [4.78, 5) is 28.6. The highest BCUT2D eigenvalue weighted by Crippen LogP contribution is 2.39. The fraction of sp³-hybridized carbons (Fsp3) is 0.154. The molecule has 160 valence electrons. The van der Waals surface area contributed by atoms with Gasteiger partial charge in [0, 0.05) is 0 Å². The number of hydrogen-bond donors (Lipinski definition) is 0. The van der Waals surface area contributed by atoms with Gasteiger partial charge in [-0.15, -0.1) is 0 Å². The monoisotopic (exact) mass is 427 g/mol. The molecule has 6 nitrogen and oxygen atoms in total. The van der Waals surface area contributed by atoms with Gasteiger partial charge in [0.15, 0.2) is 5.43 Å². The van der Waals surface area contributed by atoms with E-state index >= 15 is 0 Å². The van der Waals surface area contributed by atoms with Crippen molar-refractivity contribution >= 4 is 16.9 Å². The van der Waals surface area contributed by atoms with Gasteiger partial charge in [-0.25, -0.2) is 0 Å². The molecule has 4 aromatic rings. The minimum atomic E-state index is -0.600. The minimum absolute atomic E-state index is 0.0786. The first-order valence-corrected chi connectivity index (χ1v) is 10.3. The van der Waals surface area contributed by atoms with Crippen molar-refractivity contribution in [3.8, 4) is 5.75 Å². The zero-order chi connectivity index (χ0) is 22.2. The van der Waals surface area contributed by atoms with Gasteiger partial charge in [-0.05, 0) is 48.9 Å². The number of carbonyl (C=O) groups excluding carboxylic acids is 1. The Labute approximate surface area is 184 Å². The molecule has 3 heterocycles. The number of amides is 1. The molecular weight excluding hydrogens is 406 g/mol. The van der Waals surface area contributed by atoms with Crippen LogP contribution in [-0.2, 0) is 6.54 Å². The smallest absolute Gasteiger partial charge is 0.291 e. The first-order valence-electron chi connectivity index (χ1n) is 10.3. The second kappa shape index (κ2) is 7.89. The molecule has 5 rings (SSSR count). The molecule has 1 amide bonds. The van der Waals surface area contributed by atoms with Crippen molar-refractivity contribution in [2.45, 2.75) is 19.5 Å². The zero-order valence-corrected chi connectivity index (χ0v) is 17.5. The molecule has 0 fully saturated rings. The highest BCUT2D eigenvalue weighted by Gasteiger charge is 2.43. The molecule has 0 bridgehead atoms.